The molecule has 0 aliphatic carbocycles. The third-order valence-corrected chi connectivity index (χ3v) is 3.45. The summed E-state index contributed by atoms with van der Waals surface area (Å²) in [5, 5.41) is 36.4. The van der Waals surface area contributed by atoms with Crippen LogP contribution in [0.4, 0.5) is 0 Å². The highest BCUT2D eigenvalue weighted by molar-refractivity contribution is 5.66. The van der Waals surface area contributed by atoms with Gasteiger partial charge in [-0.25, -0.2) is 0 Å². The summed E-state index contributed by atoms with van der Waals surface area (Å²) in [6.45, 7) is 0. The molecule has 0 rings (SSSR count). The first-order chi connectivity index (χ1) is 12.4. The van der Waals surface area contributed by atoms with Gasteiger partial charge in [0.2, 0.25) is 0 Å². The molecule has 4 N–H and O–H groups in total. The predicted octanol–water partition coefficient (Wildman–Crippen LogP) is 3.22. The zero-order chi connectivity index (χ0) is 19.6. The Bertz CT molecular complexity index is 504. The number of carboxylic acid groups (broad SMARTS) is 2. The van der Waals surface area contributed by atoms with Gasteiger partial charge in [0.15, 0.2) is 0 Å². The molecule has 0 heterocycles. The van der Waals surface area contributed by atoms with E-state index in [4.69, 9.17) is 10.2 Å². The van der Waals surface area contributed by atoms with Gasteiger partial charge in [0.05, 0.1) is 12.2 Å². The number of carboxylic acids is 2. The molecule has 146 valence electrons. The number of unbranched alkanes of at least 4 members (excludes halogenated alkanes) is 2. The lowest BCUT2D eigenvalue weighted by atomic mass is 10.1. The van der Waals surface area contributed by atoms with Gasteiger partial charge in [-0.2, -0.15) is 0 Å². The van der Waals surface area contributed by atoms with E-state index >= 15 is 0 Å². The zero-order valence-electron chi connectivity index (χ0n) is 15.0. The maximum absolute atomic E-state index is 10.4. The molecule has 0 aliphatic rings. The Morgan fingerprint density at radius 3 is 1.92 bits per heavy atom. The van der Waals surface area contributed by atoms with Crippen LogP contribution in [0.5, 0.6) is 0 Å². The van der Waals surface area contributed by atoms with Crippen LogP contribution in [0.3, 0.4) is 0 Å². The minimum atomic E-state index is -0.863. The first-order valence-corrected chi connectivity index (χ1v) is 8.88. The van der Waals surface area contributed by atoms with Crippen LogP contribution in [0.15, 0.2) is 48.6 Å². The molecule has 0 aromatic rings. The zero-order valence-corrected chi connectivity index (χ0v) is 15.0. The molecule has 0 saturated heterocycles. The van der Waals surface area contributed by atoms with E-state index in [0.717, 1.165) is 12.8 Å². The molecule has 0 fully saturated rings. The summed E-state index contributed by atoms with van der Waals surface area (Å²) in [4.78, 5) is 20.7. The van der Waals surface area contributed by atoms with Gasteiger partial charge in [0.25, 0.3) is 0 Å². The molecule has 0 aromatic heterocycles. The van der Waals surface area contributed by atoms with Crippen molar-refractivity contribution in [1.82, 2.24) is 0 Å². The quantitative estimate of drug-likeness (QED) is 0.201. The minimum absolute atomic E-state index is 0.0537. The molecular formula is C20H30O6. The van der Waals surface area contributed by atoms with E-state index in [1.54, 1.807) is 36.5 Å². The van der Waals surface area contributed by atoms with Crippen LogP contribution in [0, 0.1) is 0 Å². The Morgan fingerprint density at radius 2 is 1.31 bits per heavy atom. The van der Waals surface area contributed by atoms with Crippen molar-refractivity contribution < 1.29 is 30.0 Å². The summed E-state index contributed by atoms with van der Waals surface area (Å²) < 4.78 is 0. The van der Waals surface area contributed by atoms with E-state index in [-0.39, 0.29) is 12.8 Å². The molecule has 0 amide bonds. The van der Waals surface area contributed by atoms with Crippen molar-refractivity contribution in [2.75, 3.05) is 0 Å². The molecule has 0 aliphatic heterocycles. The van der Waals surface area contributed by atoms with Crippen molar-refractivity contribution in [2.45, 2.75) is 63.6 Å². The summed E-state index contributed by atoms with van der Waals surface area (Å²) in [7, 11) is 0. The van der Waals surface area contributed by atoms with E-state index in [0.29, 0.717) is 25.7 Å². The summed E-state index contributed by atoms with van der Waals surface area (Å²) in [5.74, 6) is -1.64. The monoisotopic (exact) mass is 366 g/mol. The summed E-state index contributed by atoms with van der Waals surface area (Å²) in [6.07, 6.45) is 16.6. The van der Waals surface area contributed by atoms with Crippen molar-refractivity contribution in [1.29, 1.82) is 0 Å². The van der Waals surface area contributed by atoms with Gasteiger partial charge >= 0.3 is 11.9 Å². The number of aliphatic hydroxyl groups is 2. The fraction of sp³-hybridized carbons (Fsp3) is 0.500. The fourth-order valence-electron chi connectivity index (χ4n) is 2.04. The second-order valence-corrected chi connectivity index (χ2v) is 5.92. The van der Waals surface area contributed by atoms with Gasteiger partial charge in [0.1, 0.15) is 0 Å². The third-order valence-electron chi connectivity index (χ3n) is 3.45. The fourth-order valence-corrected chi connectivity index (χ4v) is 2.04. The molecule has 0 unspecified atom stereocenters. The van der Waals surface area contributed by atoms with Crippen LogP contribution >= 0.6 is 0 Å². The Hall–Kier alpha value is -2.18. The van der Waals surface area contributed by atoms with E-state index in [2.05, 4.69) is 0 Å². The van der Waals surface area contributed by atoms with Crippen molar-refractivity contribution in [2.24, 2.45) is 0 Å². The van der Waals surface area contributed by atoms with Crippen LogP contribution in [0.1, 0.15) is 51.4 Å². The molecule has 6 nitrogen and oxygen atoms in total. The van der Waals surface area contributed by atoms with Gasteiger partial charge in [-0.1, -0.05) is 48.6 Å². The van der Waals surface area contributed by atoms with Crippen molar-refractivity contribution in [3.8, 4) is 0 Å². The molecule has 6 heteroatoms. The van der Waals surface area contributed by atoms with Crippen molar-refractivity contribution in [3.63, 3.8) is 0 Å². The second kappa shape index (κ2) is 16.3. The van der Waals surface area contributed by atoms with Crippen LogP contribution in [-0.4, -0.2) is 44.6 Å². The van der Waals surface area contributed by atoms with Crippen molar-refractivity contribution >= 4 is 11.9 Å². The molecule has 0 radical (unpaired) electrons. The topological polar surface area (TPSA) is 115 Å². The Morgan fingerprint density at radius 1 is 0.731 bits per heavy atom. The maximum Gasteiger partial charge on any atom is 0.303 e. The van der Waals surface area contributed by atoms with Crippen LogP contribution in [0.2, 0.25) is 0 Å². The largest absolute Gasteiger partial charge is 0.481 e. The number of aliphatic carboxylic acids is 2. The number of hydrogen-bond acceptors (Lipinski definition) is 4. The van der Waals surface area contributed by atoms with Gasteiger partial charge < -0.3 is 20.4 Å². The first kappa shape index (κ1) is 23.8. The molecule has 0 bridgehead atoms. The molecule has 2 atom stereocenters. The van der Waals surface area contributed by atoms with E-state index in [1.807, 2.05) is 12.2 Å². The number of rotatable bonds is 15. The van der Waals surface area contributed by atoms with E-state index < -0.39 is 24.1 Å². The number of carbonyl (C=O) groups is 2. The normalized spacial score (nSPS) is 14.7. The highest BCUT2D eigenvalue weighted by Crippen LogP contribution is 2.04. The van der Waals surface area contributed by atoms with Crippen LogP contribution in [-0.2, 0) is 9.59 Å². The molecule has 0 spiro atoms. The summed E-state index contributed by atoms with van der Waals surface area (Å²) in [5.41, 5.74) is 0. The highest BCUT2D eigenvalue weighted by Gasteiger charge is 2.01. The average molecular weight is 366 g/mol. The third kappa shape index (κ3) is 18.2. The number of aliphatic hydroxyl groups excluding tert-OH is 2. The first-order valence-electron chi connectivity index (χ1n) is 8.88. The molecule has 0 saturated carbocycles. The lowest BCUT2D eigenvalue weighted by Gasteiger charge is -2.02. The van der Waals surface area contributed by atoms with Crippen LogP contribution < -0.4 is 0 Å². The molecule has 26 heavy (non-hydrogen) atoms. The number of allylic oxidation sites excluding steroid dienone is 5. The van der Waals surface area contributed by atoms with Gasteiger partial charge in [-0.05, 0) is 38.5 Å². The number of hydrogen-bond donors (Lipinski definition) is 4. The lowest BCUT2D eigenvalue weighted by molar-refractivity contribution is -0.138. The maximum atomic E-state index is 10.4. The SMILES string of the molecule is O=C(O)CCCCC=CC[C@@H](O)/C=C/C=C/C=C[C@@H](O)CCCC(=O)O. The Labute approximate surface area is 154 Å². The summed E-state index contributed by atoms with van der Waals surface area (Å²) >= 11 is 0. The average Bonchev–Trinajstić information content (AvgIpc) is 2.56. The Kier molecular flexibility index (Phi) is 14.9. The predicted molar refractivity (Wildman–Crippen MR) is 101 cm³/mol. The van der Waals surface area contributed by atoms with Crippen LogP contribution in [0.25, 0.3) is 0 Å². The highest BCUT2D eigenvalue weighted by atomic mass is 16.4. The van der Waals surface area contributed by atoms with E-state index in [9.17, 15) is 19.8 Å². The van der Waals surface area contributed by atoms with Gasteiger partial charge in [-0.3, -0.25) is 9.59 Å². The minimum Gasteiger partial charge on any atom is -0.481 e. The molecular weight excluding hydrogens is 336 g/mol. The summed E-state index contributed by atoms with van der Waals surface area (Å²) in [6, 6.07) is 0. The van der Waals surface area contributed by atoms with Gasteiger partial charge in [-0.15, -0.1) is 0 Å². The Balaban J connectivity index is 3.80. The van der Waals surface area contributed by atoms with Crippen molar-refractivity contribution in [3.05, 3.63) is 48.6 Å². The smallest absolute Gasteiger partial charge is 0.303 e. The second-order valence-electron chi connectivity index (χ2n) is 5.92. The van der Waals surface area contributed by atoms with Gasteiger partial charge in [0, 0.05) is 12.8 Å². The standard InChI is InChI=1S/C20H30O6/c21-17(11-6-2-1-3-9-15-19(23)24)12-7-4-5-8-13-18(22)14-10-16-20(25)26/h2,4-8,12-13,17-18,21-22H,1,3,9-11,14-16H2,(H,23,24)(H,25,26)/b5-4+,6-2?,12-7+,13-8?/t17-,18-/m1/s1. The lowest BCUT2D eigenvalue weighted by Crippen LogP contribution is -2.03. The van der Waals surface area contributed by atoms with E-state index in [1.165, 1.54) is 0 Å². The molecule has 0 aromatic carbocycles.